The molecular formula is C17H29NO2. The van der Waals surface area contributed by atoms with Crippen LogP contribution in [0.5, 0.6) is 0 Å². The van der Waals surface area contributed by atoms with Crippen LogP contribution in [0.15, 0.2) is 30.3 Å². The van der Waals surface area contributed by atoms with Crippen molar-refractivity contribution in [3.63, 3.8) is 0 Å². The molecule has 1 N–H and O–H groups in total. The second-order valence-corrected chi connectivity index (χ2v) is 5.46. The van der Waals surface area contributed by atoms with Crippen LogP contribution < -0.4 is 5.32 Å². The SMILES string of the molecule is COCCNCC(CCOC(C)C)Cc1ccccc1. The average Bonchev–Trinajstić information content (AvgIpc) is 2.44. The van der Waals surface area contributed by atoms with E-state index < -0.39 is 0 Å². The van der Waals surface area contributed by atoms with Crippen molar-refractivity contribution in [2.75, 3.05) is 33.4 Å². The quantitative estimate of drug-likeness (QED) is 0.632. The molecule has 0 spiro atoms. The summed E-state index contributed by atoms with van der Waals surface area (Å²) in [6, 6.07) is 10.7. The van der Waals surface area contributed by atoms with E-state index in [4.69, 9.17) is 9.47 Å². The Kier molecular flexibility index (Phi) is 9.29. The summed E-state index contributed by atoms with van der Waals surface area (Å²) in [5, 5.41) is 3.46. The molecule has 0 aromatic heterocycles. The highest BCUT2D eigenvalue weighted by molar-refractivity contribution is 5.15. The Morgan fingerprint density at radius 3 is 2.50 bits per heavy atom. The Balaban J connectivity index is 2.37. The molecule has 0 amide bonds. The Morgan fingerprint density at radius 2 is 1.85 bits per heavy atom. The van der Waals surface area contributed by atoms with Gasteiger partial charge in [-0.2, -0.15) is 0 Å². The van der Waals surface area contributed by atoms with E-state index in [1.807, 2.05) is 0 Å². The van der Waals surface area contributed by atoms with E-state index in [9.17, 15) is 0 Å². The van der Waals surface area contributed by atoms with E-state index in [1.54, 1.807) is 7.11 Å². The predicted octanol–water partition coefficient (Wildman–Crippen LogP) is 2.90. The van der Waals surface area contributed by atoms with Crippen molar-refractivity contribution in [3.05, 3.63) is 35.9 Å². The molecule has 0 aliphatic heterocycles. The first kappa shape index (κ1) is 17.2. The fourth-order valence-corrected chi connectivity index (χ4v) is 2.17. The van der Waals surface area contributed by atoms with Gasteiger partial charge in [-0.15, -0.1) is 0 Å². The lowest BCUT2D eigenvalue weighted by Crippen LogP contribution is -2.28. The molecular weight excluding hydrogens is 250 g/mol. The second-order valence-electron chi connectivity index (χ2n) is 5.46. The van der Waals surface area contributed by atoms with Crippen LogP contribution in [-0.4, -0.2) is 39.5 Å². The number of rotatable bonds is 11. The van der Waals surface area contributed by atoms with Gasteiger partial charge in [-0.05, 0) is 44.7 Å². The summed E-state index contributed by atoms with van der Waals surface area (Å²) < 4.78 is 10.8. The zero-order valence-electron chi connectivity index (χ0n) is 13.1. The number of hydrogen-bond donors (Lipinski definition) is 1. The van der Waals surface area contributed by atoms with E-state index in [0.29, 0.717) is 12.0 Å². The fraction of sp³-hybridized carbons (Fsp3) is 0.647. The number of hydrogen-bond acceptors (Lipinski definition) is 3. The largest absolute Gasteiger partial charge is 0.383 e. The molecule has 1 aromatic carbocycles. The zero-order chi connectivity index (χ0) is 14.6. The molecule has 3 nitrogen and oxygen atoms in total. The van der Waals surface area contributed by atoms with Gasteiger partial charge in [-0.25, -0.2) is 0 Å². The Bertz CT molecular complexity index is 327. The van der Waals surface area contributed by atoms with Gasteiger partial charge in [0.25, 0.3) is 0 Å². The fourth-order valence-electron chi connectivity index (χ4n) is 2.17. The van der Waals surface area contributed by atoms with Crippen molar-refractivity contribution in [1.82, 2.24) is 5.32 Å². The molecule has 1 aromatic rings. The third-order valence-corrected chi connectivity index (χ3v) is 3.26. The maximum absolute atomic E-state index is 5.69. The van der Waals surface area contributed by atoms with E-state index >= 15 is 0 Å². The summed E-state index contributed by atoms with van der Waals surface area (Å²) in [7, 11) is 1.74. The summed E-state index contributed by atoms with van der Waals surface area (Å²) in [5.74, 6) is 0.605. The van der Waals surface area contributed by atoms with Crippen molar-refractivity contribution in [2.24, 2.45) is 5.92 Å². The first-order valence-electron chi connectivity index (χ1n) is 7.57. The molecule has 0 saturated heterocycles. The van der Waals surface area contributed by atoms with Crippen LogP contribution in [0, 0.1) is 5.92 Å². The van der Waals surface area contributed by atoms with Crippen molar-refractivity contribution >= 4 is 0 Å². The lowest BCUT2D eigenvalue weighted by molar-refractivity contribution is 0.0681. The molecule has 114 valence electrons. The molecule has 0 heterocycles. The van der Waals surface area contributed by atoms with Gasteiger partial charge in [0.05, 0.1) is 12.7 Å². The van der Waals surface area contributed by atoms with Gasteiger partial charge in [-0.3, -0.25) is 0 Å². The molecule has 3 heteroatoms. The van der Waals surface area contributed by atoms with Crippen LogP contribution in [-0.2, 0) is 15.9 Å². The summed E-state index contributed by atoms with van der Waals surface area (Å²) in [5.41, 5.74) is 1.40. The van der Waals surface area contributed by atoms with Crippen LogP contribution in [0.25, 0.3) is 0 Å². The molecule has 20 heavy (non-hydrogen) atoms. The first-order chi connectivity index (χ1) is 9.72. The van der Waals surface area contributed by atoms with Crippen LogP contribution in [0.4, 0.5) is 0 Å². The van der Waals surface area contributed by atoms with Gasteiger partial charge >= 0.3 is 0 Å². The third kappa shape index (κ3) is 8.31. The van der Waals surface area contributed by atoms with Gasteiger partial charge in [-0.1, -0.05) is 30.3 Å². The minimum atomic E-state index is 0.314. The molecule has 0 bridgehead atoms. The minimum absolute atomic E-state index is 0.314. The predicted molar refractivity (Wildman–Crippen MR) is 84.1 cm³/mol. The van der Waals surface area contributed by atoms with E-state index in [0.717, 1.165) is 39.1 Å². The lowest BCUT2D eigenvalue weighted by Gasteiger charge is -2.18. The van der Waals surface area contributed by atoms with Crippen molar-refractivity contribution in [1.29, 1.82) is 0 Å². The van der Waals surface area contributed by atoms with E-state index in [1.165, 1.54) is 5.56 Å². The highest BCUT2D eigenvalue weighted by Crippen LogP contribution is 2.12. The topological polar surface area (TPSA) is 30.5 Å². The molecule has 1 rings (SSSR count). The maximum atomic E-state index is 5.69. The molecule has 0 radical (unpaired) electrons. The highest BCUT2D eigenvalue weighted by Gasteiger charge is 2.10. The Hall–Kier alpha value is -0.900. The zero-order valence-corrected chi connectivity index (χ0v) is 13.1. The normalized spacial score (nSPS) is 12.8. The minimum Gasteiger partial charge on any atom is -0.383 e. The van der Waals surface area contributed by atoms with Gasteiger partial charge in [0.15, 0.2) is 0 Å². The number of benzene rings is 1. The maximum Gasteiger partial charge on any atom is 0.0587 e. The molecule has 0 saturated carbocycles. The van der Waals surface area contributed by atoms with Gasteiger partial charge < -0.3 is 14.8 Å². The standard InChI is InChI=1S/C17H29NO2/c1-15(2)20-11-9-17(14-18-10-12-19-3)13-16-7-5-4-6-8-16/h4-8,15,17-18H,9-14H2,1-3H3. The molecule has 0 aliphatic rings. The van der Waals surface area contributed by atoms with Crippen LogP contribution in [0.3, 0.4) is 0 Å². The lowest BCUT2D eigenvalue weighted by atomic mass is 9.96. The molecule has 0 fully saturated rings. The van der Waals surface area contributed by atoms with Crippen LogP contribution >= 0.6 is 0 Å². The number of methoxy groups -OCH3 is 1. The van der Waals surface area contributed by atoms with Crippen LogP contribution in [0.1, 0.15) is 25.8 Å². The second kappa shape index (κ2) is 10.8. The number of ether oxygens (including phenoxy) is 2. The van der Waals surface area contributed by atoms with Crippen molar-refractivity contribution in [3.8, 4) is 0 Å². The smallest absolute Gasteiger partial charge is 0.0587 e. The summed E-state index contributed by atoms with van der Waals surface area (Å²) in [6.45, 7) is 7.69. The summed E-state index contributed by atoms with van der Waals surface area (Å²) in [6.07, 6.45) is 2.50. The van der Waals surface area contributed by atoms with E-state index in [2.05, 4.69) is 49.5 Å². The average molecular weight is 279 g/mol. The van der Waals surface area contributed by atoms with Crippen molar-refractivity contribution < 1.29 is 9.47 Å². The molecule has 0 aliphatic carbocycles. The third-order valence-electron chi connectivity index (χ3n) is 3.26. The number of nitrogens with one attached hydrogen (secondary N) is 1. The summed E-state index contributed by atoms with van der Waals surface area (Å²) >= 11 is 0. The van der Waals surface area contributed by atoms with Crippen molar-refractivity contribution in [2.45, 2.75) is 32.8 Å². The van der Waals surface area contributed by atoms with Gasteiger partial charge in [0.2, 0.25) is 0 Å². The van der Waals surface area contributed by atoms with Gasteiger partial charge in [0, 0.05) is 20.3 Å². The first-order valence-corrected chi connectivity index (χ1v) is 7.57. The Labute approximate surface area is 123 Å². The molecule has 1 atom stereocenters. The summed E-state index contributed by atoms with van der Waals surface area (Å²) in [4.78, 5) is 0. The monoisotopic (exact) mass is 279 g/mol. The van der Waals surface area contributed by atoms with Crippen LogP contribution in [0.2, 0.25) is 0 Å². The highest BCUT2D eigenvalue weighted by atomic mass is 16.5. The van der Waals surface area contributed by atoms with E-state index in [-0.39, 0.29) is 0 Å². The molecule has 1 unspecified atom stereocenters. The Morgan fingerprint density at radius 1 is 1.10 bits per heavy atom. The van der Waals surface area contributed by atoms with Gasteiger partial charge in [0.1, 0.15) is 0 Å².